The highest BCUT2D eigenvalue weighted by Gasteiger charge is 2.10. The van der Waals surface area contributed by atoms with Crippen LogP contribution in [0, 0.1) is 0 Å². The Morgan fingerprint density at radius 2 is 2.04 bits per heavy atom. The number of hydrogen-bond donors (Lipinski definition) is 1. The van der Waals surface area contributed by atoms with E-state index >= 15 is 0 Å². The van der Waals surface area contributed by atoms with Gasteiger partial charge in [-0.3, -0.25) is 10.1 Å². The van der Waals surface area contributed by atoms with E-state index in [2.05, 4.69) is 26.2 Å². The van der Waals surface area contributed by atoms with Crippen molar-refractivity contribution in [3.8, 4) is 11.5 Å². The molecule has 0 radical (unpaired) electrons. The minimum absolute atomic E-state index is 0.245. The van der Waals surface area contributed by atoms with Crippen molar-refractivity contribution in [3.63, 3.8) is 0 Å². The van der Waals surface area contributed by atoms with Crippen LogP contribution in [0.4, 0.5) is 5.13 Å². The van der Waals surface area contributed by atoms with Crippen molar-refractivity contribution in [3.05, 3.63) is 52.5 Å². The number of anilines is 1. The van der Waals surface area contributed by atoms with Gasteiger partial charge in [-0.25, -0.2) is 4.98 Å². The monoisotopic (exact) mass is 418 g/mol. The van der Waals surface area contributed by atoms with E-state index in [1.807, 2.05) is 30.3 Å². The SMILES string of the molecule is COc1cc(/C=C/C(=O)Nc2nc3ccccc3s2)cc(Br)c1OC. The lowest BCUT2D eigenvalue weighted by Gasteiger charge is -2.10. The standard InChI is InChI=1S/C18H15BrN2O3S/c1-23-14-10-11(9-12(19)17(14)24-2)7-8-16(22)21-18-20-13-5-3-4-6-15(13)25-18/h3-10H,1-2H3,(H,20,21,22)/b8-7+. The molecule has 0 saturated heterocycles. The summed E-state index contributed by atoms with van der Waals surface area (Å²) in [4.78, 5) is 16.5. The number of carbonyl (C=O) groups excluding carboxylic acids is 1. The fourth-order valence-electron chi connectivity index (χ4n) is 2.28. The van der Waals surface area contributed by atoms with Crippen molar-refractivity contribution in [1.82, 2.24) is 4.98 Å². The Hall–Kier alpha value is -2.38. The van der Waals surface area contributed by atoms with Crippen molar-refractivity contribution in [2.75, 3.05) is 19.5 Å². The van der Waals surface area contributed by atoms with Crippen molar-refractivity contribution < 1.29 is 14.3 Å². The van der Waals surface area contributed by atoms with Gasteiger partial charge in [0.25, 0.3) is 0 Å². The first-order chi connectivity index (χ1) is 12.1. The van der Waals surface area contributed by atoms with Crippen LogP contribution in [0.2, 0.25) is 0 Å². The molecular formula is C18H15BrN2O3S. The van der Waals surface area contributed by atoms with Crippen molar-refractivity contribution >= 4 is 54.6 Å². The number of halogens is 1. The number of aromatic nitrogens is 1. The molecule has 128 valence electrons. The minimum Gasteiger partial charge on any atom is -0.493 e. The summed E-state index contributed by atoms with van der Waals surface area (Å²) in [6.07, 6.45) is 3.16. The Morgan fingerprint density at radius 1 is 1.24 bits per heavy atom. The first kappa shape index (κ1) is 17.4. The highest BCUT2D eigenvalue weighted by Crippen LogP contribution is 2.36. The minimum atomic E-state index is -0.245. The van der Waals surface area contributed by atoms with E-state index in [1.54, 1.807) is 26.4 Å². The number of fused-ring (bicyclic) bond motifs is 1. The molecule has 7 heteroatoms. The third kappa shape index (κ3) is 4.00. The van der Waals surface area contributed by atoms with Gasteiger partial charge in [0.1, 0.15) is 0 Å². The molecule has 0 aliphatic heterocycles. The number of carbonyl (C=O) groups is 1. The van der Waals surface area contributed by atoms with Gasteiger partial charge in [-0.1, -0.05) is 23.5 Å². The normalized spacial score (nSPS) is 11.0. The van der Waals surface area contributed by atoms with Crippen LogP contribution in [-0.4, -0.2) is 25.1 Å². The zero-order chi connectivity index (χ0) is 17.8. The van der Waals surface area contributed by atoms with Gasteiger partial charge >= 0.3 is 0 Å². The molecule has 0 atom stereocenters. The molecule has 0 aliphatic carbocycles. The lowest BCUT2D eigenvalue weighted by Crippen LogP contribution is -2.07. The van der Waals surface area contributed by atoms with Crippen LogP contribution < -0.4 is 14.8 Å². The molecular weight excluding hydrogens is 404 g/mol. The number of amides is 1. The van der Waals surface area contributed by atoms with Gasteiger partial charge in [0, 0.05) is 6.08 Å². The highest BCUT2D eigenvalue weighted by atomic mass is 79.9. The molecule has 0 saturated carbocycles. The van der Waals surface area contributed by atoms with E-state index < -0.39 is 0 Å². The van der Waals surface area contributed by atoms with E-state index in [4.69, 9.17) is 9.47 Å². The summed E-state index contributed by atoms with van der Waals surface area (Å²) in [7, 11) is 3.14. The second kappa shape index (κ2) is 7.67. The van der Waals surface area contributed by atoms with Gasteiger partial charge in [-0.05, 0) is 51.8 Å². The molecule has 0 unspecified atom stereocenters. The third-order valence-corrected chi connectivity index (χ3v) is 4.95. The molecule has 1 N–H and O–H groups in total. The largest absolute Gasteiger partial charge is 0.493 e. The summed E-state index contributed by atoms with van der Waals surface area (Å²) < 4.78 is 12.4. The third-order valence-electron chi connectivity index (χ3n) is 3.41. The topological polar surface area (TPSA) is 60.5 Å². The Bertz CT molecular complexity index is 920. The summed E-state index contributed by atoms with van der Waals surface area (Å²) in [5, 5.41) is 3.35. The summed E-state index contributed by atoms with van der Waals surface area (Å²) in [6, 6.07) is 11.4. The molecule has 2 aromatic carbocycles. The van der Waals surface area contributed by atoms with Gasteiger partial charge in [-0.2, -0.15) is 0 Å². The zero-order valence-electron chi connectivity index (χ0n) is 13.6. The van der Waals surface area contributed by atoms with E-state index in [0.29, 0.717) is 16.6 Å². The zero-order valence-corrected chi connectivity index (χ0v) is 16.0. The number of benzene rings is 2. The first-order valence-electron chi connectivity index (χ1n) is 7.37. The maximum absolute atomic E-state index is 12.1. The van der Waals surface area contributed by atoms with E-state index in [1.165, 1.54) is 17.4 Å². The second-order valence-electron chi connectivity index (χ2n) is 5.05. The molecule has 1 aromatic heterocycles. The average molecular weight is 419 g/mol. The summed E-state index contributed by atoms with van der Waals surface area (Å²) in [5.41, 5.74) is 1.68. The maximum atomic E-state index is 12.1. The Balaban J connectivity index is 1.75. The number of rotatable bonds is 5. The summed E-state index contributed by atoms with van der Waals surface area (Å²) in [6.45, 7) is 0. The van der Waals surface area contributed by atoms with E-state index in [9.17, 15) is 4.79 Å². The van der Waals surface area contributed by atoms with Crippen molar-refractivity contribution in [2.24, 2.45) is 0 Å². The quantitative estimate of drug-likeness (QED) is 0.608. The van der Waals surface area contributed by atoms with Gasteiger partial charge in [-0.15, -0.1) is 0 Å². The number of ether oxygens (including phenoxy) is 2. The summed E-state index contributed by atoms with van der Waals surface area (Å²) in [5.74, 6) is 0.951. The van der Waals surface area contributed by atoms with Gasteiger partial charge in [0.2, 0.25) is 5.91 Å². The smallest absolute Gasteiger partial charge is 0.250 e. The predicted octanol–water partition coefficient (Wildman–Crippen LogP) is 4.73. The molecule has 3 rings (SSSR count). The fraction of sp³-hybridized carbons (Fsp3) is 0.111. The van der Waals surface area contributed by atoms with Crippen LogP contribution in [0.15, 0.2) is 46.9 Å². The maximum Gasteiger partial charge on any atom is 0.250 e. The van der Waals surface area contributed by atoms with Crippen LogP contribution >= 0.6 is 27.3 Å². The van der Waals surface area contributed by atoms with Crippen molar-refractivity contribution in [2.45, 2.75) is 0 Å². The molecule has 0 fully saturated rings. The molecule has 0 aliphatic rings. The average Bonchev–Trinajstić information content (AvgIpc) is 3.01. The lowest BCUT2D eigenvalue weighted by molar-refractivity contribution is -0.111. The second-order valence-corrected chi connectivity index (χ2v) is 6.93. The fourth-order valence-corrected chi connectivity index (χ4v) is 3.77. The number of hydrogen-bond acceptors (Lipinski definition) is 5. The number of nitrogens with zero attached hydrogens (tertiary/aromatic N) is 1. The Labute approximate surface area is 157 Å². The molecule has 25 heavy (non-hydrogen) atoms. The molecule has 1 heterocycles. The lowest BCUT2D eigenvalue weighted by atomic mass is 10.2. The van der Waals surface area contributed by atoms with Crippen LogP contribution in [0.3, 0.4) is 0 Å². The predicted molar refractivity (Wildman–Crippen MR) is 105 cm³/mol. The molecule has 0 bridgehead atoms. The van der Waals surface area contributed by atoms with Crippen LogP contribution in [0.25, 0.3) is 16.3 Å². The summed E-state index contributed by atoms with van der Waals surface area (Å²) >= 11 is 4.87. The molecule has 0 spiro atoms. The molecule has 1 amide bonds. The van der Waals surface area contributed by atoms with E-state index in [0.717, 1.165) is 20.3 Å². The number of para-hydroxylation sites is 1. The van der Waals surface area contributed by atoms with Crippen LogP contribution in [-0.2, 0) is 4.79 Å². The van der Waals surface area contributed by atoms with Gasteiger partial charge < -0.3 is 9.47 Å². The van der Waals surface area contributed by atoms with Crippen LogP contribution in [0.5, 0.6) is 11.5 Å². The van der Waals surface area contributed by atoms with Gasteiger partial charge in [0.15, 0.2) is 16.6 Å². The Morgan fingerprint density at radius 3 is 2.76 bits per heavy atom. The highest BCUT2D eigenvalue weighted by molar-refractivity contribution is 9.10. The van der Waals surface area contributed by atoms with Gasteiger partial charge in [0.05, 0.1) is 28.9 Å². The number of thiazole rings is 1. The number of methoxy groups -OCH3 is 2. The molecule has 5 nitrogen and oxygen atoms in total. The first-order valence-corrected chi connectivity index (χ1v) is 8.98. The Kier molecular flexibility index (Phi) is 5.35. The van der Waals surface area contributed by atoms with E-state index in [-0.39, 0.29) is 5.91 Å². The number of nitrogens with one attached hydrogen (secondary N) is 1. The molecule has 3 aromatic rings. The van der Waals surface area contributed by atoms with Crippen LogP contribution in [0.1, 0.15) is 5.56 Å². The van der Waals surface area contributed by atoms with Crippen molar-refractivity contribution in [1.29, 1.82) is 0 Å².